The minimum absolute atomic E-state index is 0.204. The number of rotatable bonds is 4. The summed E-state index contributed by atoms with van der Waals surface area (Å²) in [5.74, 6) is 0. The van der Waals surface area contributed by atoms with Crippen molar-refractivity contribution in [3.05, 3.63) is 35.9 Å². The summed E-state index contributed by atoms with van der Waals surface area (Å²) in [6, 6.07) is 12.7. The maximum absolute atomic E-state index is 9.60. The summed E-state index contributed by atoms with van der Waals surface area (Å²) < 4.78 is 4.55. The zero-order valence-electron chi connectivity index (χ0n) is 13.1. The van der Waals surface area contributed by atoms with Crippen molar-refractivity contribution in [3.8, 4) is 6.07 Å². The van der Waals surface area contributed by atoms with Gasteiger partial charge in [0.2, 0.25) is 0 Å². The molecule has 0 aliphatic carbocycles. The molecule has 1 fully saturated rings. The highest BCUT2D eigenvalue weighted by Gasteiger charge is 2.36. The van der Waals surface area contributed by atoms with Crippen molar-refractivity contribution in [2.24, 2.45) is 5.41 Å². The van der Waals surface area contributed by atoms with E-state index in [1.807, 2.05) is 26.8 Å². The predicted molar refractivity (Wildman–Crippen MR) is 82.6 cm³/mol. The average Bonchev–Trinajstić information content (AvgIpc) is 2.37. The third-order valence-corrected chi connectivity index (χ3v) is 3.28. The van der Waals surface area contributed by atoms with E-state index in [-0.39, 0.29) is 11.0 Å². The van der Waals surface area contributed by atoms with Crippen molar-refractivity contribution < 1.29 is 9.53 Å². The summed E-state index contributed by atoms with van der Waals surface area (Å²) in [4.78, 5) is 9.60. The van der Waals surface area contributed by atoms with Gasteiger partial charge in [0.05, 0.1) is 6.07 Å². The molecule has 1 N–H and O–H groups in total. The van der Waals surface area contributed by atoms with Crippen molar-refractivity contribution in [2.45, 2.75) is 39.2 Å². The standard InChI is InChI=1S/C12H14N2.C5H10O2/c13-7-6-12(9-14-10-12)8-11-4-2-1-3-5-11;1-5(2,3)7-4-6/h1-5,14H,6,8-10H2;4H,1-3H3. The predicted octanol–water partition coefficient (Wildman–Crippen LogP) is 2.69. The third kappa shape index (κ3) is 6.42. The summed E-state index contributed by atoms with van der Waals surface area (Å²) in [6.07, 6.45) is 1.68. The maximum Gasteiger partial charge on any atom is 0.293 e. The molecule has 114 valence electrons. The van der Waals surface area contributed by atoms with Crippen LogP contribution in [0.4, 0.5) is 0 Å². The van der Waals surface area contributed by atoms with E-state index >= 15 is 0 Å². The number of nitrogens with zero attached hydrogens (tertiary/aromatic N) is 1. The Kier molecular flexibility index (Phi) is 6.39. The van der Waals surface area contributed by atoms with Gasteiger partial charge in [-0.25, -0.2) is 0 Å². The molecule has 0 radical (unpaired) electrons. The van der Waals surface area contributed by atoms with Gasteiger partial charge in [0.25, 0.3) is 6.47 Å². The highest BCUT2D eigenvalue weighted by molar-refractivity contribution is 5.37. The fourth-order valence-electron chi connectivity index (χ4n) is 2.13. The molecule has 0 amide bonds. The van der Waals surface area contributed by atoms with Gasteiger partial charge in [-0.2, -0.15) is 5.26 Å². The first-order chi connectivity index (χ1) is 9.91. The van der Waals surface area contributed by atoms with E-state index in [1.54, 1.807) is 0 Å². The molecule has 1 aromatic rings. The monoisotopic (exact) mass is 288 g/mol. The molecular weight excluding hydrogens is 264 g/mol. The number of ether oxygens (including phenoxy) is 1. The van der Waals surface area contributed by atoms with E-state index in [1.165, 1.54) is 5.56 Å². The molecule has 21 heavy (non-hydrogen) atoms. The minimum atomic E-state index is -0.318. The topological polar surface area (TPSA) is 62.1 Å². The molecule has 4 nitrogen and oxygen atoms in total. The number of carbonyl (C=O) groups is 1. The molecule has 0 unspecified atom stereocenters. The van der Waals surface area contributed by atoms with Gasteiger partial charge in [0.15, 0.2) is 0 Å². The molecule has 0 atom stereocenters. The lowest BCUT2D eigenvalue weighted by molar-refractivity contribution is -0.138. The van der Waals surface area contributed by atoms with Crippen LogP contribution in [0.25, 0.3) is 0 Å². The average molecular weight is 288 g/mol. The molecule has 4 heteroatoms. The molecule has 1 aromatic carbocycles. The molecule has 2 rings (SSSR count). The van der Waals surface area contributed by atoms with Crippen LogP contribution in [0, 0.1) is 16.7 Å². The van der Waals surface area contributed by atoms with Crippen LogP contribution < -0.4 is 5.32 Å². The SMILES string of the molecule is CC(C)(C)OC=O.N#CCC1(Cc2ccccc2)CNC1. The Morgan fingerprint density at radius 2 is 1.95 bits per heavy atom. The smallest absolute Gasteiger partial charge is 0.293 e. The number of hydrogen-bond acceptors (Lipinski definition) is 4. The molecule has 1 saturated heterocycles. The van der Waals surface area contributed by atoms with E-state index in [2.05, 4.69) is 40.4 Å². The second kappa shape index (κ2) is 7.80. The normalized spacial score (nSPS) is 15.7. The van der Waals surface area contributed by atoms with Gasteiger partial charge in [0.1, 0.15) is 5.60 Å². The zero-order valence-corrected chi connectivity index (χ0v) is 13.1. The second-order valence-electron chi connectivity index (χ2n) is 6.43. The molecular formula is C17H24N2O2. The summed E-state index contributed by atoms with van der Waals surface area (Å²) >= 11 is 0. The van der Waals surface area contributed by atoms with Gasteiger partial charge < -0.3 is 10.1 Å². The molecule has 0 saturated carbocycles. The van der Waals surface area contributed by atoms with E-state index in [4.69, 9.17) is 5.26 Å². The highest BCUT2D eigenvalue weighted by Crippen LogP contribution is 2.30. The summed E-state index contributed by atoms with van der Waals surface area (Å²) in [5.41, 5.74) is 1.22. The Morgan fingerprint density at radius 1 is 1.33 bits per heavy atom. The molecule has 1 heterocycles. The van der Waals surface area contributed by atoms with Crippen LogP contribution in [0.5, 0.6) is 0 Å². The lowest BCUT2D eigenvalue weighted by atomic mass is 9.74. The first-order valence-corrected chi connectivity index (χ1v) is 7.14. The Morgan fingerprint density at radius 3 is 2.29 bits per heavy atom. The number of nitriles is 1. The lowest BCUT2D eigenvalue weighted by Gasteiger charge is -2.41. The molecule has 0 aromatic heterocycles. The number of benzene rings is 1. The first-order valence-electron chi connectivity index (χ1n) is 7.14. The fraction of sp³-hybridized carbons (Fsp3) is 0.529. The molecule has 1 aliphatic rings. The lowest BCUT2D eigenvalue weighted by Crippen LogP contribution is -2.54. The van der Waals surface area contributed by atoms with Crippen molar-refractivity contribution >= 4 is 6.47 Å². The van der Waals surface area contributed by atoms with E-state index < -0.39 is 0 Å². The Balaban J connectivity index is 0.000000270. The van der Waals surface area contributed by atoms with Crippen LogP contribution in [-0.2, 0) is 16.0 Å². The zero-order chi connectivity index (χ0) is 15.8. The largest absolute Gasteiger partial charge is 0.462 e. The fourth-order valence-corrected chi connectivity index (χ4v) is 2.13. The van der Waals surface area contributed by atoms with E-state index in [0.29, 0.717) is 12.9 Å². The van der Waals surface area contributed by atoms with Gasteiger partial charge in [0, 0.05) is 24.9 Å². The molecule has 1 aliphatic heterocycles. The van der Waals surface area contributed by atoms with Gasteiger partial charge >= 0.3 is 0 Å². The molecule has 0 spiro atoms. The summed E-state index contributed by atoms with van der Waals surface area (Å²) in [7, 11) is 0. The maximum atomic E-state index is 9.60. The Hall–Kier alpha value is -1.86. The number of hydrogen-bond donors (Lipinski definition) is 1. The van der Waals surface area contributed by atoms with Crippen LogP contribution in [0.3, 0.4) is 0 Å². The van der Waals surface area contributed by atoms with Gasteiger partial charge in [-0.3, -0.25) is 4.79 Å². The number of carbonyl (C=O) groups excluding carboxylic acids is 1. The first kappa shape index (κ1) is 17.2. The molecule has 0 bridgehead atoms. The van der Waals surface area contributed by atoms with Crippen molar-refractivity contribution in [3.63, 3.8) is 0 Å². The summed E-state index contributed by atoms with van der Waals surface area (Å²) in [6.45, 7) is 7.88. The van der Waals surface area contributed by atoms with Crippen LogP contribution in [-0.4, -0.2) is 25.2 Å². The van der Waals surface area contributed by atoms with Gasteiger partial charge in [-0.05, 0) is 32.8 Å². The van der Waals surface area contributed by atoms with Gasteiger partial charge in [-0.1, -0.05) is 30.3 Å². The third-order valence-electron chi connectivity index (χ3n) is 3.28. The van der Waals surface area contributed by atoms with Crippen molar-refractivity contribution in [1.29, 1.82) is 5.26 Å². The van der Waals surface area contributed by atoms with Crippen molar-refractivity contribution in [2.75, 3.05) is 13.1 Å². The van der Waals surface area contributed by atoms with Crippen LogP contribution in [0.2, 0.25) is 0 Å². The quantitative estimate of drug-likeness (QED) is 0.865. The van der Waals surface area contributed by atoms with E-state index in [0.717, 1.165) is 19.5 Å². The van der Waals surface area contributed by atoms with Gasteiger partial charge in [-0.15, -0.1) is 0 Å². The second-order valence-corrected chi connectivity index (χ2v) is 6.43. The summed E-state index contributed by atoms with van der Waals surface area (Å²) in [5, 5.41) is 12.0. The minimum Gasteiger partial charge on any atom is -0.462 e. The van der Waals surface area contributed by atoms with Crippen molar-refractivity contribution in [1.82, 2.24) is 5.32 Å². The Labute approximate surface area is 127 Å². The van der Waals surface area contributed by atoms with Crippen LogP contribution in [0.15, 0.2) is 30.3 Å². The Bertz CT molecular complexity index is 468. The van der Waals surface area contributed by atoms with Crippen LogP contribution >= 0.6 is 0 Å². The number of nitrogens with one attached hydrogen (secondary N) is 1. The highest BCUT2D eigenvalue weighted by atomic mass is 16.5. The van der Waals surface area contributed by atoms with Crippen LogP contribution in [0.1, 0.15) is 32.8 Å². The van der Waals surface area contributed by atoms with E-state index in [9.17, 15) is 4.79 Å².